The molecule has 0 aromatic carbocycles. The zero-order valence-corrected chi connectivity index (χ0v) is 11.7. The Kier molecular flexibility index (Phi) is 3.45. The van der Waals surface area contributed by atoms with Crippen molar-refractivity contribution in [3.8, 4) is 6.07 Å². The quantitative estimate of drug-likeness (QED) is 0.857. The monoisotopic (exact) mass is 290 g/mol. The third kappa shape index (κ3) is 2.41. The molecule has 2 aromatic heterocycles. The molecule has 0 spiro atoms. The molecule has 0 aliphatic heterocycles. The minimum Gasteiger partial charge on any atom is -0.382 e. The molecule has 0 radical (unpaired) electrons. The van der Waals surface area contributed by atoms with Crippen LogP contribution in [-0.2, 0) is 6.54 Å². The van der Waals surface area contributed by atoms with Crippen LogP contribution in [0, 0.1) is 23.2 Å². The van der Waals surface area contributed by atoms with Crippen molar-refractivity contribution in [2.24, 2.45) is 11.8 Å². The maximum absolute atomic E-state index is 8.93. The smallest absolute Gasteiger partial charge is 0.226 e. The van der Waals surface area contributed by atoms with Crippen LogP contribution in [-0.4, -0.2) is 19.5 Å². The molecule has 1 fully saturated rings. The van der Waals surface area contributed by atoms with Gasteiger partial charge in [0.25, 0.3) is 0 Å². The van der Waals surface area contributed by atoms with Crippen LogP contribution in [0.1, 0.15) is 25.7 Å². The van der Waals surface area contributed by atoms with Gasteiger partial charge < -0.3 is 10.3 Å². The van der Waals surface area contributed by atoms with Crippen LogP contribution in [0.2, 0.25) is 5.28 Å². The molecule has 1 aliphatic rings. The Morgan fingerprint density at radius 1 is 1.35 bits per heavy atom. The van der Waals surface area contributed by atoms with E-state index in [9.17, 15) is 0 Å². The van der Waals surface area contributed by atoms with E-state index >= 15 is 0 Å². The summed E-state index contributed by atoms with van der Waals surface area (Å²) in [5.74, 6) is 1.08. The normalized spacial score (nSPS) is 22.8. The lowest BCUT2D eigenvalue weighted by Gasteiger charge is -2.24. The fourth-order valence-electron chi connectivity index (χ4n) is 2.82. The molecule has 0 amide bonds. The number of fused-ring (bicyclic) bond motifs is 1. The van der Waals surface area contributed by atoms with Crippen LogP contribution in [0.15, 0.2) is 6.33 Å². The number of nitrogens with zero attached hydrogens (tertiary/aromatic N) is 5. The number of nitrogens with two attached hydrogens (primary N) is 1. The van der Waals surface area contributed by atoms with Crippen LogP contribution in [0.25, 0.3) is 11.2 Å². The number of rotatable bonds is 2. The summed E-state index contributed by atoms with van der Waals surface area (Å²) in [7, 11) is 0. The van der Waals surface area contributed by atoms with E-state index in [1.165, 1.54) is 0 Å². The van der Waals surface area contributed by atoms with E-state index in [-0.39, 0.29) is 11.2 Å². The summed E-state index contributed by atoms with van der Waals surface area (Å²) in [5.41, 5.74) is 7.07. The predicted molar refractivity (Wildman–Crippen MR) is 75.8 cm³/mol. The summed E-state index contributed by atoms with van der Waals surface area (Å²) in [6.45, 7) is 0.835. The summed E-state index contributed by atoms with van der Waals surface area (Å²) < 4.78 is 1.98. The van der Waals surface area contributed by atoms with Gasteiger partial charge in [-0.05, 0) is 43.2 Å². The summed E-state index contributed by atoms with van der Waals surface area (Å²) >= 11 is 5.85. The van der Waals surface area contributed by atoms with Crippen molar-refractivity contribution in [2.45, 2.75) is 32.2 Å². The van der Waals surface area contributed by atoms with Crippen LogP contribution >= 0.6 is 11.6 Å². The molecule has 1 saturated carbocycles. The Hall–Kier alpha value is -1.87. The van der Waals surface area contributed by atoms with Crippen molar-refractivity contribution in [1.82, 2.24) is 19.5 Å². The fraction of sp³-hybridized carbons (Fsp3) is 0.538. The van der Waals surface area contributed by atoms with E-state index in [0.29, 0.717) is 22.9 Å². The van der Waals surface area contributed by atoms with Crippen LogP contribution in [0.5, 0.6) is 0 Å². The van der Waals surface area contributed by atoms with Gasteiger partial charge in [0.2, 0.25) is 5.28 Å². The lowest BCUT2D eigenvalue weighted by atomic mass is 9.83. The summed E-state index contributed by atoms with van der Waals surface area (Å²) in [5, 5.41) is 9.07. The van der Waals surface area contributed by atoms with Crippen molar-refractivity contribution in [1.29, 1.82) is 5.26 Å². The molecule has 0 bridgehead atoms. The molecular weight excluding hydrogens is 276 g/mol. The highest BCUT2D eigenvalue weighted by atomic mass is 35.5. The average Bonchev–Trinajstić information content (AvgIpc) is 2.83. The first kappa shape index (κ1) is 13.1. The van der Waals surface area contributed by atoms with E-state index in [1.54, 1.807) is 6.33 Å². The Bertz CT molecular complexity index is 665. The second kappa shape index (κ2) is 5.25. The molecule has 0 atom stereocenters. The number of hydrogen-bond acceptors (Lipinski definition) is 5. The van der Waals surface area contributed by atoms with Gasteiger partial charge in [-0.3, -0.25) is 0 Å². The van der Waals surface area contributed by atoms with Crippen molar-refractivity contribution in [3.63, 3.8) is 0 Å². The maximum Gasteiger partial charge on any atom is 0.226 e. The van der Waals surface area contributed by atoms with Crippen LogP contribution in [0.4, 0.5) is 5.82 Å². The van der Waals surface area contributed by atoms with Gasteiger partial charge in [0.15, 0.2) is 11.5 Å². The zero-order chi connectivity index (χ0) is 14.1. The van der Waals surface area contributed by atoms with Gasteiger partial charge in [0.05, 0.1) is 12.4 Å². The topological polar surface area (TPSA) is 93.4 Å². The van der Waals surface area contributed by atoms with Gasteiger partial charge in [-0.2, -0.15) is 15.2 Å². The Morgan fingerprint density at radius 3 is 2.80 bits per heavy atom. The summed E-state index contributed by atoms with van der Waals surface area (Å²) in [4.78, 5) is 12.4. The average molecular weight is 291 g/mol. The Balaban J connectivity index is 1.80. The third-order valence-corrected chi connectivity index (χ3v) is 4.12. The lowest BCUT2D eigenvalue weighted by molar-refractivity contribution is 0.286. The minimum atomic E-state index is 0.143. The first-order valence-electron chi connectivity index (χ1n) is 6.71. The molecule has 1 aliphatic carbocycles. The molecule has 2 aromatic rings. The Morgan fingerprint density at radius 2 is 2.10 bits per heavy atom. The number of nitriles is 1. The summed E-state index contributed by atoms with van der Waals surface area (Å²) in [6.07, 6.45) is 5.82. The second-order valence-corrected chi connectivity index (χ2v) is 5.63. The van der Waals surface area contributed by atoms with E-state index in [2.05, 4.69) is 21.0 Å². The van der Waals surface area contributed by atoms with E-state index in [0.717, 1.165) is 32.2 Å². The largest absolute Gasteiger partial charge is 0.382 e. The minimum absolute atomic E-state index is 0.143. The van der Waals surface area contributed by atoms with Gasteiger partial charge >= 0.3 is 0 Å². The highest BCUT2D eigenvalue weighted by Gasteiger charge is 2.22. The van der Waals surface area contributed by atoms with Gasteiger partial charge in [-0.25, -0.2) is 4.98 Å². The number of hydrogen-bond donors (Lipinski definition) is 1. The number of imidazole rings is 1. The fourth-order valence-corrected chi connectivity index (χ4v) is 3.00. The van der Waals surface area contributed by atoms with Gasteiger partial charge in [-0.1, -0.05) is 0 Å². The molecule has 7 heteroatoms. The first-order chi connectivity index (χ1) is 9.67. The predicted octanol–water partition coefficient (Wildman–Crippen LogP) is 2.39. The number of anilines is 1. The molecule has 6 nitrogen and oxygen atoms in total. The number of aromatic nitrogens is 4. The highest BCUT2D eigenvalue weighted by Crippen LogP contribution is 2.30. The standard InChI is InChI=1S/C13H15ClN6/c14-13-18-11(16)10-12(19-13)20(7-17-10)6-9-3-1-8(5-15)2-4-9/h7-9H,1-4,6H2,(H2,16,18,19). The molecule has 3 rings (SSSR count). The van der Waals surface area contributed by atoms with Gasteiger partial charge in [-0.15, -0.1) is 0 Å². The van der Waals surface area contributed by atoms with E-state index in [4.69, 9.17) is 22.6 Å². The van der Waals surface area contributed by atoms with Crippen LogP contribution < -0.4 is 5.73 Å². The Labute approximate surface area is 121 Å². The molecule has 2 N–H and O–H groups in total. The van der Waals surface area contributed by atoms with Crippen molar-refractivity contribution in [3.05, 3.63) is 11.6 Å². The molecule has 2 heterocycles. The SMILES string of the molecule is N#CC1CCC(Cn2cnc3c(N)nc(Cl)nc32)CC1. The first-order valence-corrected chi connectivity index (χ1v) is 7.08. The van der Waals surface area contributed by atoms with Crippen LogP contribution in [0.3, 0.4) is 0 Å². The van der Waals surface area contributed by atoms with Gasteiger partial charge in [0, 0.05) is 12.5 Å². The second-order valence-electron chi connectivity index (χ2n) is 5.29. The number of nitrogen functional groups attached to an aromatic ring is 1. The highest BCUT2D eigenvalue weighted by molar-refractivity contribution is 6.28. The van der Waals surface area contributed by atoms with Crippen molar-refractivity contribution >= 4 is 28.6 Å². The molecule has 20 heavy (non-hydrogen) atoms. The van der Waals surface area contributed by atoms with Crippen molar-refractivity contribution in [2.75, 3.05) is 5.73 Å². The molecular formula is C13H15ClN6. The molecule has 0 unspecified atom stereocenters. The van der Waals surface area contributed by atoms with E-state index in [1.807, 2.05) is 4.57 Å². The summed E-state index contributed by atoms with van der Waals surface area (Å²) in [6, 6.07) is 2.35. The molecule has 0 saturated heterocycles. The molecule has 104 valence electrons. The zero-order valence-electron chi connectivity index (χ0n) is 11.0. The third-order valence-electron chi connectivity index (χ3n) is 3.95. The maximum atomic E-state index is 8.93. The van der Waals surface area contributed by atoms with Gasteiger partial charge in [0.1, 0.15) is 5.52 Å². The lowest BCUT2D eigenvalue weighted by Crippen LogP contribution is -2.18. The van der Waals surface area contributed by atoms with Crippen molar-refractivity contribution < 1.29 is 0 Å². The van der Waals surface area contributed by atoms with E-state index < -0.39 is 0 Å². The number of halogens is 1.